The van der Waals surface area contributed by atoms with Crippen LogP contribution >= 0.6 is 0 Å². The van der Waals surface area contributed by atoms with Gasteiger partial charge in [-0.25, -0.2) is 0 Å². The van der Waals surface area contributed by atoms with Gasteiger partial charge in [0.15, 0.2) is 0 Å². The molecular weight excluding hydrogens is 352 g/mol. The summed E-state index contributed by atoms with van der Waals surface area (Å²) < 4.78 is 11.0. The van der Waals surface area contributed by atoms with Crippen LogP contribution in [0.2, 0.25) is 0 Å². The van der Waals surface area contributed by atoms with Crippen molar-refractivity contribution in [2.75, 3.05) is 20.8 Å². The van der Waals surface area contributed by atoms with Gasteiger partial charge in [0.2, 0.25) is 0 Å². The molecule has 1 atom stereocenters. The quantitative estimate of drug-likeness (QED) is 0.711. The molecule has 2 heterocycles. The molecule has 0 radical (unpaired) electrons. The maximum atomic E-state index is 13.4. The SMILES string of the molecule is COc1ccc(OC)c(C2CCCN2C(=O)c2cc3c(C)cc(C)cc3[nH]2)c1. The van der Waals surface area contributed by atoms with Crippen LogP contribution in [0.5, 0.6) is 11.5 Å². The van der Waals surface area contributed by atoms with E-state index in [0.29, 0.717) is 5.69 Å². The number of hydrogen-bond donors (Lipinski definition) is 1. The summed E-state index contributed by atoms with van der Waals surface area (Å²) in [7, 11) is 3.31. The number of nitrogens with zero attached hydrogens (tertiary/aromatic N) is 1. The van der Waals surface area contributed by atoms with Crippen LogP contribution in [-0.4, -0.2) is 36.6 Å². The van der Waals surface area contributed by atoms with Crippen molar-refractivity contribution in [1.29, 1.82) is 0 Å². The number of carbonyl (C=O) groups excluding carboxylic acids is 1. The fraction of sp³-hybridized carbons (Fsp3) is 0.348. The molecule has 146 valence electrons. The molecule has 0 bridgehead atoms. The lowest BCUT2D eigenvalue weighted by Crippen LogP contribution is -2.31. The van der Waals surface area contributed by atoms with Crippen molar-refractivity contribution < 1.29 is 14.3 Å². The Morgan fingerprint density at radius 3 is 2.68 bits per heavy atom. The molecule has 0 saturated carbocycles. The van der Waals surface area contributed by atoms with E-state index in [1.807, 2.05) is 29.2 Å². The Balaban J connectivity index is 1.71. The van der Waals surface area contributed by atoms with E-state index < -0.39 is 0 Å². The van der Waals surface area contributed by atoms with Gasteiger partial charge in [-0.15, -0.1) is 0 Å². The molecule has 1 aromatic heterocycles. The Bertz CT molecular complexity index is 1040. The standard InChI is InChI=1S/C23H26N2O3/c1-14-10-15(2)17-13-20(24-19(17)11-14)23(26)25-9-5-6-21(25)18-12-16(27-3)7-8-22(18)28-4/h7-8,10-13,21,24H,5-6,9H2,1-4H3. The summed E-state index contributed by atoms with van der Waals surface area (Å²) in [5.74, 6) is 1.58. The maximum Gasteiger partial charge on any atom is 0.270 e. The molecule has 1 N–H and O–H groups in total. The third-order valence-electron chi connectivity index (χ3n) is 5.63. The van der Waals surface area contributed by atoms with Crippen LogP contribution in [-0.2, 0) is 0 Å². The Kier molecular flexibility index (Phi) is 4.75. The summed E-state index contributed by atoms with van der Waals surface area (Å²) >= 11 is 0. The van der Waals surface area contributed by atoms with E-state index in [2.05, 4.69) is 31.0 Å². The summed E-state index contributed by atoms with van der Waals surface area (Å²) in [6, 6.07) is 12.0. The van der Waals surface area contributed by atoms with Gasteiger partial charge in [0, 0.05) is 23.0 Å². The normalized spacial score (nSPS) is 16.6. The Hall–Kier alpha value is -2.95. The molecule has 1 saturated heterocycles. The number of methoxy groups -OCH3 is 2. The van der Waals surface area contributed by atoms with Crippen molar-refractivity contribution in [3.8, 4) is 11.5 Å². The van der Waals surface area contributed by atoms with Gasteiger partial charge < -0.3 is 19.4 Å². The highest BCUT2D eigenvalue weighted by atomic mass is 16.5. The number of fused-ring (bicyclic) bond motifs is 1. The number of amides is 1. The van der Waals surface area contributed by atoms with E-state index in [1.165, 1.54) is 11.1 Å². The summed E-state index contributed by atoms with van der Waals surface area (Å²) in [4.78, 5) is 18.7. The molecule has 1 fully saturated rings. The number of H-pyrrole nitrogens is 1. The number of likely N-dealkylation sites (tertiary alicyclic amines) is 1. The van der Waals surface area contributed by atoms with Crippen LogP contribution in [0.15, 0.2) is 36.4 Å². The molecule has 4 rings (SSSR count). The lowest BCUT2D eigenvalue weighted by molar-refractivity contribution is 0.0729. The second-order valence-electron chi connectivity index (χ2n) is 7.49. The van der Waals surface area contributed by atoms with E-state index in [1.54, 1.807) is 14.2 Å². The third kappa shape index (κ3) is 3.11. The average Bonchev–Trinajstić information content (AvgIpc) is 3.34. The first-order valence-corrected chi connectivity index (χ1v) is 9.64. The van der Waals surface area contributed by atoms with Gasteiger partial charge in [0.25, 0.3) is 5.91 Å². The number of aryl methyl sites for hydroxylation is 2. The molecule has 2 aromatic carbocycles. The molecular formula is C23H26N2O3. The van der Waals surface area contributed by atoms with Gasteiger partial charge in [0.05, 0.1) is 20.3 Å². The largest absolute Gasteiger partial charge is 0.497 e. The van der Waals surface area contributed by atoms with Gasteiger partial charge in [-0.1, -0.05) is 6.07 Å². The highest BCUT2D eigenvalue weighted by molar-refractivity contribution is 5.99. The fourth-order valence-electron chi connectivity index (χ4n) is 4.30. The highest BCUT2D eigenvalue weighted by Gasteiger charge is 2.33. The molecule has 1 unspecified atom stereocenters. The molecule has 3 aromatic rings. The molecule has 0 aliphatic carbocycles. The zero-order valence-corrected chi connectivity index (χ0v) is 16.8. The van der Waals surface area contributed by atoms with Crippen molar-refractivity contribution in [3.05, 3.63) is 58.8 Å². The Morgan fingerprint density at radius 2 is 1.93 bits per heavy atom. The summed E-state index contributed by atoms with van der Waals surface area (Å²) in [5, 5.41) is 1.10. The first-order chi connectivity index (χ1) is 13.5. The predicted molar refractivity (Wildman–Crippen MR) is 110 cm³/mol. The van der Waals surface area contributed by atoms with Crippen LogP contribution in [0, 0.1) is 13.8 Å². The van der Waals surface area contributed by atoms with Crippen LogP contribution in [0.4, 0.5) is 0 Å². The zero-order chi connectivity index (χ0) is 19.8. The van der Waals surface area contributed by atoms with Gasteiger partial charge in [-0.3, -0.25) is 4.79 Å². The fourth-order valence-corrected chi connectivity index (χ4v) is 4.30. The van der Waals surface area contributed by atoms with Gasteiger partial charge in [-0.05, 0) is 68.1 Å². The van der Waals surface area contributed by atoms with Crippen molar-refractivity contribution in [1.82, 2.24) is 9.88 Å². The zero-order valence-electron chi connectivity index (χ0n) is 16.8. The molecule has 0 spiro atoms. The molecule has 1 amide bonds. The van der Waals surface area contributed by atoms with E-state index >= 15 is 0 Å². The molecule has 28 heavy (non-hydrogen) atoms. The maximum absolute atomic E-state index is 13.4. The van der Waals surface area contributed by atoms with Crippen LogP contribution in [0.25, 0.3) is 10.9 Å². The minimum atomic E-state index is -0.0215. The van der Waals surface area contributed by atoms with Crippen molar-refractivity contribution >= 4 is 16.8 Å². The van der Waals surface area contributed by atoms with Crippen molar-refractivity contribution in [2.45, 2.75) is 32.7 Å². The summed E-state index contributed by atoms with van der Waals surface area (Å²) in [6.07, 6.45) is 1.88. The topological polar surface area (TPSA) is 54.6 Å². The molecule has 5 heteroatoms. The number of aromatic nitrogens is 1. The van der Waals surface area contributed by atoms with Gasteiger partial charge in [0.1, 0.15) is 17.2 Å². The van der Waals surface area contributed by atoms with Crippen LogP contribution < -0.4 is 9.47 Å². The van der Waals surface area contributed by atoms with E-state index in [9.17, 15) is 4.79 Å². The van der Waals surface area contributed by atoms with Crippen LogP contribution in [0.3, 0.4) is 0 Å². The number of rotatable bonds is 4. The number of carbonyl (C=O) groups is 1. The Morgan fingerprint density at radius 1 is 1.11 bits per heavy atom. The number of nitrogens with one attached hydrogen (secondary N) is 1. The van der Waals surface area contributed by atoms with Gasteiger partial charge in [-0.2, -0.15) is 0 Å². The van der Waals surface area contributed by atoms with Crippen molar-refractivity contribution in [3.63, 3.8) is 0 Å². The summed E-state index contributed by atoms with van der Waals surface area (Å²) in [5.41, 5.74) is 5.01. The number of aromatic amines is 1. The number of hydrogen-bond acceptors (Lipinski definition) is 3. The first-order valence-electron chi connectivity index (χ1n) is 9.64. The van der Waals surface area contributed by atoms with Gasteiger partial charge >= 0.3 is 0 Å². The minimum Gasteiger partial charge on any atom is -0.497 e. The second-order valence-corrected chi connectivity index (χ2v) is 7.49. The highest BCUT2D eigenvalue weighted by Crippen LogP contribution is 2.39. The monoisotopic (exact) mass is 378 g/mol. The lowest BCUT2D eigenvalue weighted by Gasteiger charge is -2.26. The first kappa shape index (κ1) is 18.4. The number of ether oxygens (including phenoxy) is 2. The van der Waals surface area contributed by atoms with Crippen molar-refractivity contribution in [2.24, 2.45) is 0 Å². The van der Waals surface area contributed by atoms with E-state index in [4.69, 9.17) is 9.47 Å². The smallest absolute Gasteiger partial charge is 0.270 e. The molecule has 1 aliphatic heterocycles. The molecule has 5 nitrogen and oxygen atoms in total. The Labute approximate surface area is 165 Å². The summed E-state index contributed by atoms with van der Waals surface area (Å²) in [6.45, 7) is 4.88. The average molecular weight is 378 g/mol. The molecule has 1 aliphatic rings. The van der Waals surface area contributed by atoms with E-state index in [-0.39, 0.29) is 11.9 Å². The third-order valence-corrected chi connectivity index (χ3v) is 5.63. The number of benzene rings is 2. The van der Waals surface area contributed by atoms with E-state index in [0.717, 1.165) is 47.4 Å². The second kappa shape index (κ2) is 7.23. The van der Waals surface area contributed by atoms with Crippen LogP contribution in [0.1, 0.15) is 46.1 Å². The minimum absolute atomic E-state index is 0.0215. The predicted octanol–water partition coefficient (Wildman–Crippen LogP) is 4.78. The lowest BCUT2D eigenvalue weighted by atomic mass is 10.0.